The summed E-state index contributed by atoms with van der Waals surface area (Å²) in [6.45, 7) is 5.47. The maximum atomic E-state index is 12.8. The van der Waals surface area contributed by atoms with Crippen molar-refractivity contribution in [1.29, 1.82) is 0 Å². The Hall–Kier alpha value is -2.38. The maximum absolute atomic E-state index is 12.8. The molecular weight excluding hydrogens is 386 g/mol. The van der Waals surface area contributed by atoms with E-state index < -0.39 is 23.6 Å². The molecule has 2 bridgehead atoms. The van der Waals surface area contributed by atoms with E-state index in [1.807, 2.05) is 20.8 Å². The second-order valence-corrected chi connectivity index (χ2v) is 9.15. The predicted octanol–water partition coefficient (Wildman–Crippen LogP) is 2.84. The molecule has 7 heteroatoms. The lowest BCUT2D eigenvalue weighted by Crippen LogP contribution is -2.40. The highest BCUT2D eigenvalue weighted by atomic mass is 16.5. The molecule has 1 aromatic carbocycles. The van der Waals surface area contributed by atoms with Crippen LogP contribution in [-0.2, 0) is 20.7 Å². The number of phenolic OH excluding ortho intramolecular Hbond substituents is 1. The molecule has 0 spiro atoms. The SMILES string of the molecule is CC(C)(C)C(=O)N/C=C/CC1CC2C[C@H](O)CC(Cc3cccc(O)c3C(=O)O1)O2. The fourth-order valence-corrected chi connectivity index (χ4v) is 3.87. The van der Waals surface area contributed by atoms with Crippen molar-refractivity contribution in [2.75, 3.05) is 0 Å². The third-order valence-corrected chi connectivity index (χ3v) is 5.45. The Balaban J connectivity index is 1.78. The number of amides is 1. The summed E-state index contributed by atoms with van der Waals surface area (Å²) in [5.41, 5.74) is 0.288. The Kier molecular flexibility index (Phi) is 6.83. The average molecular weight is 418 g/mol. The van der Waals surface area contributed by atoms with Gasteiger partial charge < -0.3 is 25.0 Å². The molecule has 3 N–H and O–H groups in total. The molecule has 164 valence electrons. The molecule has 0 aromatic heterocycles. The van der Waals surface area contributed by atoms with Gasteiger partial charge in [-0.2, -0.15) is 0 Å². The van der Waals surface area contributed by atoms with Crippen molar-refractivity contribution >= 4 is 11.9 Å². The third-order valence-electron chi connectivity index (χ3n) is 5.45. The van der Waals surface area contributed by atoms with Crippen LogP contribution in [0.15, 0.2) is 30.5 Å². The van der Waals surface area contributed by atoms with Gasteiger partial charge in [0.1, 0.15) is 17.4 Å². The molecule has 2 heterocycles. The van der Waals surface area contributed by atoms with Gasteiger partial charge in [0.2, 0.25) is 5.91 Å². The molecule has 7 nitrogen and oxygen atoms in total. The summed E-state index contributed by atoms with van der Waals surface area (Å²) in [4.78, 5) is 24.8. The second-order valence-electron chi connectivity index (χ2n) is 9.15. The summed E-state index contributed by atoms with van der Waals surface area (Å²) in [7, 11) is 0. The number of hydrogen-bond donors (Lipinski definition) is 3. The van der Waals surface area contributed by atoms with E-state index in [0.29, 0.717) is 37.7 Å². The van der Waals surface area contributed by atoms with Crippen molar-refractivity contribution in [2.24, 2.45) is 5.41 Å². The molecule has 0 saturated carbocycles. The van der Waals surface area contributed by atoms with Gasteiger partial charge in [0.15, 0.2) is 0 Å². The van der Waals surface area contributed by atoms with Crippen LogP contribution >= 0.6 is 0 Å². The molecule has 4 atom stereocenters. The van der Waals surface area contributed by atoms with Gasteiger partial charge >= 0.3 is 5.97 Å². The summed E-state index contributed by atoms with van der Waals surface area (Å²) < 4.78 is 11.9. The largest absolute Gasteiger partial charge is 0.507 e. The molecule has 2 aliphatic rings. The lowest BCUT2D eigenvalue weighted by molar-refractivity contribution is -0.127. The van der Waals surface area contributed by atoms with E-state index in [0.717, 1.165) is 0 Å². The monoisotopic (exact) mass is 417 g/mol. The Bertz CT molecular complexity index is 812. The molecule has 2 aliphatic heterocycles. The second kappa shape index (κ2) is 9.18. The van der Waals surface area contributed by atoms with E-state index in [1.165, 1.54) is 6.07 Å². The summed E-state index contributed by atoms with van der Waals surface area (Å²) in [5.74, 6) is -0.805. The zero-order chi connectivity index (χ0) is 21.9. The van der Waals surface area contributed by atoms with Gasteiger partial charge in [-0.3, -0.25) is 4.79 Å². The molecule has 1 amide bonds. The quantitative estimate of drug-likeness (QED) is 0.653. The Morgan fingerprint density at radius 1 is 1.23 bits per heavy atom. The van der Waals surface area contributed by atoms with Crippen molar-refractivity contribution in [3.63, 3.8) is 0 Å². The Labute approximate surface area is 177 Å². The van der Waals surface area contributed by atoms with Crippen LogP contribution in [0.5, 0.6) is 5.75 Å². The number of hydrogen-bond acceptors (Lipinski definition) is 6. The molecule has 3 unspecified atom stereocenters. The van der Waals surface area contributed by atoms with E-state index in [1.54, 1.807) is 24.4 Å². The molecule has 1 aromatic rings. The number of fused-ring (bicyclic) bond motifs is 3. The highest BCUT2D eigenvalue weighted by molar-refractivity contribution is 5.94. The van der Waals surface area contributed by atoms with Crippen molar-refractivity contribution in [3.05, 3.63) is 41.6 Å². The normalized spacial score (nSPS) is 27.3. The number of benzene rings is 1. The van der Waals surface area contributed by atoms with Gasteiger partial charge in [0, 0.05) is 18.3 Å². The van der Waals surface area contributed by atoms with E-state index >= 15 is 0 Å². The smallest absolute Gasteiger partial charge is 0.342 e. The fourth-order valence-electron chi connectivity index (χ4n) is 3.87. The number of aromatic hydroxyl groups is 1. The number of ether oxygens (including phenoxy) is 2. The van der Waals surface area contributed by atoms with E-state index in [-0.39, 0.29) is 29.4 Å². The van der Waals surface area contributed by atoms with Crippen LogP contribution in [0.2, 0.25) is 0 Å². The van der Waals surface area contributed by atoms with E-state index in [9.17, 15) is 19.8 Å². The number of carbonyl (C=O) groups is 2. The molecule has 0 aliphatic carbocycles. The number of rotatable bonds is 3. The minimum absolute atomic E-state index is 0.109. The van der Waals surface area contributed by atoms with Crippen LogP contribution in [0.1, 0.15) is 62.4 Å². The Morgan fingerprint density at radius 3 is 2.70 bits per heavy atom. The Morgan fingerprint density at radius 2 is 1.97 bits per heavy atom. The molecular formula is C23H31NO6. The van der Waals surface area contributed by atoms with E-state index in [4.69, 9.17) is 9.47 Å². The predicted molar refractivity (Wildman–Crippen MR) is 111 cm³/mol. The number of carbonyl (C=O) groups excluding carboxylic acids is 2. The first-order valence-electron chi connectivity index (χ1n) is 10.4. The minimum atomic E-state index is -0.569. The molecule has 1 fully saturated rings. The standard InChI is InChI=1S/C23H31NO6/c1-23(2,3)22(28)24-9-5-7-16-13-18-12-15(25)11-17(29-18)10-14-6-4-8-19(26)20(14)21(27)30-16/h4-6,8-9,15-18,25-26H,7,10-13H2,1-3H3,(H,24,28)/b9-5+/t15-,16?,17?,18?/m1/s1. The first-order valence-corrected chi connectivity index (χ1v) is 10.4. The minimum Gasteiger partial charge on any atom is -0.507 e. The van der Waals surface area contributed by atoms with Gasteiger partial charge in [-0.15, -0.1) is 0 Å². The van der Waals surface area contributed by atoms with Crippen molar-refractivity contribution in [2.45, 2.75) is 77.3 Å². The third kappa shape index (κ3) is 5.61. The highest BCUT2D eigenvalue weighted by Crippen LogP contribution is 2.32. The number of phenols is 1. The zero-order valence-electron chi connectivity index (χ0n) is 17.8. The lowest BCUT2D eigenvalue weighted by atomic mass is 9.91. The first-order chi connectivity index (χ1) is 14.1. The number of esters is 1. The summed E-state index contributed by atoms with van der Waals surface area (Å²) >= 11 is 0. The van der Waals surface area contributed by atoms with Crippen LogP contribution in [-0.4, -0.2) is 46.5 Å². The lowest BCUT2D eigenvalue weighted by Gasteiger charge is -2.36. The fraction of sp³-hybridized carbons (Fsp3) is 0.565. The maximum Gasteiger partial charge on any atom is 0.342 e. The highest BCUT2D eigenvalue weighted by Gasteiger charge is 2.34. The van der Waals surface area contributed by atoms with Crippen molar-refractivity contribution in [1.82, 2.24) is 5.32 Å². The molecule has 3 rings (SSSR count). The van der Waals surface area contributed by atoms with Gasteiger partial charge in [0.25, 0.3) is 0 Å². The first kappa shape index (κ1) is 22.3. The van der Waals surface area contributed by atoms with Gasteiger partial charge in [-0.05, 0) is 37.1 Å². The van der Waals surface area contributed by atoms with Crippen LogP contribution in [0.3, 0.4) is 0 Å². The summed E-state index contributed by atoms with van der Waals surface area (Å²) in [6.07, 6.45) is 4.07. The van der Waals surface area contributed by atoms with Crippen molar-refractivity contribution in [3.8, 4) is 5.75 Å². The zero-order valence-corrected chi connectivity index (χ0v) is 17.8. The molecule has 30 heavy (non-hydrogen) atoms. The number of aliphatic hydroxyl groups is 1. The number of cyclic esters (lactones) is 1. The average Bonchev–Trinajstić information content (AvgIpc) is 2.63. The van der Waals surface area contributed by atoms with Crippen LogP contribution in [0.25, 0.3) is 0 Å². The number of nitrogens with one attached hydrogen (secondary N) is 1. The summed E-state index contributed by atoms with van der Waals surface area (Å²) in [5, 5.41) is 23.3. The molecule has 1 saturated heterocycles. The van der Waals surface area contributed by atoms with Gasteiger partial charge in [-0.25, -0.2) is 4.79 Å². The van der Waals surface area contributed by atoms with Crippen molar-refractivity contribution < 1.29 is 29.3 Å². The molecule has 0 radical (unpaired) electrons. The van der Waals surface area contributed by atoms with Gasteiger partial charge in [0.05, 0.1) is 18.3 Å². The topological polar surface area (TPSA) is 105 Å². The van der Waals surface area contributed by atoms with Gasteiger partial charge in [-0.1, -0.05) is 39.0 Å². The van der Waals surface area contributed by atoms with Crippen LogP contribution in [0, 0.1) is 5.41 Å². The van der Waals surface area contributed by atoms with E-state index in [2.05, 4.69) is 5.32 Å². The van der Waals surface area contributed by atoms with Crippen LogP contribution < -0.4 is 5.32 Å². The van der Waals surface area contributed by atoms with Crippen LogP contribution in [0.4, 0.5) is 0 Å². The summed E-state index contributed by atoms with van der Waals surface area (Å²) in [6, 6.07) is 4.92. The number of aliphatic hydroxyl groups excluding tert-OH is 1.